The zero-order valence-electron chi connectivity index (χ0n) is 14.8. The van der Waals surface area contributed by atoms with Crippen molar-refractivity contribution in [3.63, 3.8) is 0 Å². The first kappa shape index (κ1) is 16.8. The van der Waals surface area contributed by atoms with Gasteiger partial charge in [-0.3, -0.25) is 4.98 Å². The molecule has 2 aromatic carbocycles. The normalized spacial score (nSPS) is 12.0. The maximum absolute atomic E-state index is 10.9. The van der Waals surface area contributed by atoms with Gasteiger partial charge in [-0.15, -0.1) is 0 Å². The van der Waals surface area contributed by atoms with E-state index in [0.29, 0.717) is 16.9 Å². The number of nitrogens with zero attached hydrogens (tertiary/aromatic N) is 2. The molecule has 0 amide bonds. The molecule has 0 spiro atoms. The molecule has 4 rings (SSSR count). The number of benzene rings is 2. The van der Waals surface area contributed by atoms with E-state index in [1.54, 1.807) is 24.5 Å². The fraction of sp³-hybridized carbons (Fsp3) is 0.0909. The van der Waals surface area contributed by atoms with Gasteiger partial charge in [0.1, 0.15) is 22.8 Å². The second kappa shape index (κ2) is 6.96. The summed E-state index contributed by atoms with van der Waals surface area (Å²) < 4.78 is 0. The van der Waals surface area contributed by atoms with Crippen LogP contribution in [-0.4, -0.2) is 20.2 Å². The summed E-state index contributed by atoms with van der Waals surface area (Å²) in [5.41, 5.74) is 3.22. The molecule has 3 N–H and O–H groups in total. The third-order valence-electron chi connectivity index (χ3n) is 4.52. The topological polar surface area (TPSA) is 78.3 Å². The minimum Gasteiger partial charge on any atom is -0.508 e. The van der Waals surface area contributed by atoms with E-state index < -0.39 is 0 Å². The molecule has 0 aliphatic rings. The van der Waals surface area contributed by atoms with Crippen molar-refractivity contribution in [2.24, 2.45) is 0 Å². The van der Waals surface area contributed by atoms with E-state index in [9.17, 15) is 10.2 Å². The minimum absolute atomic E-state index is 0.131. The average Bonchev–Trinajstić information content (AvgIpc) is 2.68. The Balaban J connectivity index is 1.84. The summed E-state index contributed by atoms with van der Waals surface area (Å²) in [5, 5.41) is 24.8. The molecule has 0 unspecified atom stereocenters. The molecule has 0 bridgehead atoms. The Bertz CT molecular complexity index is 1090. The molecule has 1 atom stereocenters. The van der Waals surface area contributed by atoms with Gasteiger partial charge in [0, 0.05) is 23.3 Å². The van der Waals surface area contributed by atoms with Gasteiger partial charge in [0.2, 0.25) is 0 Å². The molecule has 0 aliphatic carbocycles. The smallest absolute Gasteiger partial charge is 0.147 e. The largest absolute Gasteiger partial charge is 0.508 e. The van der Waals surface area contributed by atoms with Crippen LogP contribution in [0.25, 0.3) is 10.9 Å². The number of phenolic OH excluding ortho intramolecular Hbond substituents is 2. The maximum Gasteiger partial charge on any atom is 0.147 e. The van der Waals surface area contributed by atoms with E-state index in [-0.39, 0.29) is 17.5 Å². The van der Waals surface area contributed by atoms with Crippen LogP contribution in [0.3, 0.4) is 0 Å². The van der Waals surface area contributed by atoms with E-state index in [2.05, 4.69) is 15.3 Å². The van der Waals surface area contributed by atoms with Crippen molar-refractivity contribution < 1.29 is 10.2 Å². The van der Waals surface area contributed by atoms with Gasteiger partial charge in [-0.05, 0) is 48.4 Å². The maximum atomic E-state index is 10.9. The molecule has 2 heterocycles. The Kier molecular flexibility index (Phi) is 4.34. The first-order chi connectivity index (χ1) is 13.1. The minimum atomic E-state index is -0.355. The molecular formula is C22H19N3O2. The summed E-state index contributed by atoms with van der Waals surface area (Å²) in [7, 11) is 0. The van der Waals surface area contributed by atoms with Crippen molar-refractivity contribution in [3.8, 4) is 11.5 Å². The van der Waals surface area contributed by atoms with E-state index in [0.717, 1.165) is 16.5 Å². The highest BCUT2D eigenvalue weighted by Crippen LogP contribution is 2.36. The Hall–Kier alpha value is -3.60. The number of nitrogens with one attached hydrogen (secondary N) is 1. The van der Waals surface area contributed by atoms with Crippen molar-refractivity contribution in [3.05, 3.63) is 89.7 Å². The van der Waals surface area contributed by atoms with Gasteiger partial charge >= 0.3 is 0 Å². The van der Waals surface area contributed by atoms with Crippen molar-refractivity contribution in [1.29, 1.82) is 0 Å². The quantitative estimate of drug-likeness (QED) is 0.499. The van der Waals surface area contributed by atoms with Crippen LogP contribution < -0.4 is 5.32 Å². The Morgan fingerprint density at radius 1 is 0.889 bits per heavy atom. The van der Waals surface area contributed by atoms with Crippen LogP contribution in [0.2, 0.25) is 0 Å². The standard InChI is InChI=1S/C22H19N3O2/c1-14-10-12-23-19(13-14)25-20(16-4-7-17(26)8-5-16)18-9-6-15-3-2-11-24-21(15)22(18)27/h2-13,20,26-27H,1H3,(H,23,25)/t20-/m1/s1. The van der Waals surface area contributed by atoms with Gasteiger partial charge in [-0.25, -0.2) is 4.98 Å². The number of fused-ring (bicyclic) bond motifs is 1. The second-order valence-electron chi connectivity index (χ2n) is 6.47. The molecule has 0 saturated carbocycles. The van der Waals surface area contributed by atoms with Crippen LogP contribution in [0, 0.1) is 6.92 Å². The molecule has 2 aromatic heterocycles. The molecule has 0 aliphatic heterocycles. The first-order valence-corrected chi connectivity index (χ1v) is 8.66. The van der Waals surface area contributed by atoms with Crippen molar-refractivity contribution in [1.82, 2.24) is 9.97 Å². The van der Waals surface area contributed by atoms with Gasteiger partial charge in [-0.2, -0.15) is 0 Å². The summed E-state index contributed by atoms with van der Waals surface area (Å²) >= 11 is 0. The van der Waals surface area contributed by atoms with Gasteiger partial charge in [-0.1, -0.05) is 30.3 Å². The molecular weight excluding hydrogens is 338 g/mol. The van der Waals surface area contributed by atoms with Crippen molar-refractivity contribution >= 4 is 16.7 Å². The Labute approximate surface area is 157 Å². The predicted molar refractivity (Wildman–Crippen MR) is 106 cm³/mol. The van der Waals surface area contributed by atoms with E-state index in [4.69, 9.17) is 0 Å². The molecule has 5 heteroatoms. The highest BCUT2D eigenvalue weighted by Gasteiger charge is 2.20. The lowest BCUT2D eigenvalue weighted by molar-refractivity contribution is 0.471. The third kappa shape index (κ3) is 3.40. The van der Waals surface area contributed by atoms with E-state index >= 15 is 0 Å². The van der Waals surface area contributed by atoms with Crippen molar-refractivity contribution in [2.45, 2.75) is 13.0 Å². The number of anilines is 1. The average molecular weight is 357 g/mol. The van der Waals surface area contributed by atoms with Crippen LogP contribution in [0.15, 0.2) is 73.1 Å². The number of pyridine rings is 2. The number of phenols is 2. The summed E-state index contributed by atoms with van der Waals surface area (Å²) in [5.74, 6) is 1.02. The monoisotopic (exact) mass is 357 g/mol. The number of aromatic hydroxyl groups is 2. The highest BCUT2D eigenvalue weighted by atomic mass is 16.3. The van der Waals surface area contributed by atoms with Crippen LogP contribution in [0.5, 0.6) is 11.5 Å². The SMILES string of the molecule is Cc1ccnc(N[C@H](c2ccc(O)cc2)c2ccc3cccnc3c2O)c1. The molecule has 5 nitrogen and oxygen atoms in total. The highest BCUT2D eigenvalue weighted by molar-refractivity contribution is 5.86. The first-order valence-electron chi connectivity index (χ1n) is 8.66. The van der Waals surface area contributed by atoms with Crippen LogP contribution in [-0.2, 0) is 0 Å². The molecule has 4 aromatic rings. The number of hydrogen-bond acceptors (Lipinski definition) is 5. The fourth-order valence-electron chi connectivity index (χ4n) is 3.15. The Morgan fingerprint density at radius 3 is 2.48 bits per heavy atom. The van der Waals surface area contributed by atoms with E-state index in [1.165, 1.54) is 0 Å². The lowest BCUT2D eigenvalue weighted by Crippen LogP contribution is -2.13. The molecule has 134 valence electrons. The summed E-state index contributed by atoms with van der Waals surface area (Å²) in [6.07, 6.45) is 3.41. The lowest BCUT2D eigenvalue weighted by atomic mass is 9.96. The zero-order chi connectivity index (χ0) is 18.8. The van der Waals surface area contributed by atoms with Crippen LogP contribution >= 0.6 is 0 Å². The number of rotatable bonds is 4. The predicted octanol–water partition coefficient (Wildman–Crippen LogP) is 4.55. The van der Waals surface area contributed by atoms with Gasteiger partial charge in [0.05, 0.1) is 6.04 Å². The van der Waals surface area contributed by atoms with E-state index in [1.807, 2.05) is 55.5 Å². The summed E-state index contributed by atoms with van der Waals surface area (Å²) in [4.78, 5) is 8.70. The van der Waals surface area contributed by atoms with Gasteiger partial charge in [0.25, 0.3) is 0 Å². The summed E-state index contributed by atoms with van der Waals surface area (Å²) in [6.45, 7) is 2.00. The Morgan fingerprint density at radius 2 is 1.70 bits per heavy atom. The third-order valence-corrected chi connectivity index (χ3v) is 4.52. The second-order valence-corrected chi connectivity index (χ2v) is 6.47. The molecule has 0 radical (unpaired) electrons. The number of aromatic nitrogens is 2. The number of aryl methyl sites for hydroxylation is 1. The molecule has 0 saturated heterocycles. The van der Waals surface area contributed by atoms with Crippen LogP contribution in [0.4, 0.5) is 5.82 Å². The van der Waals surface area contributed by atoms with Gasteiger partial charge in [0.15, 0.2) is 0 Å². The lowest BCUT2D eigenvalue weighted by Gasteiger charge is -2.22. The van der Waals surface area contributed by atoms with Gasteiger partial charge < -0.3 is 15.5 Å². The summed E-state index contributed by atoms with van der Waals surface area (Å²) in [6, 6.07) is 18.0. The fourth-order valence-corrected chi connectivity index (χ4v) is 3.15. The zero-order valence-corrected chi connectivity index (χ0v) is 14.8. The number of hydrogen-bond donors (Lipinski definition) is 3. The van der Waals surface area contributed by atoms with Crippen LogP contribution in [0.1, 0.15) is 22.7 Å². The molecule has 27 heavy (non-hydrogen) atoms. The molecule has 0 fully saturated rings. The van der Waals surface area contributed by atoms with Crippen molar-refractivity contribution in [2.75, 3.05) is 5.32 Å².